The van der Waals surface area contributed by atoms with Crippen molar-refractivity contribution in [1.82, 2.24) is 0 Å². The maximum Gasteiger partial charge on any atom is 0.0614 e. The summed E-state index contributed by atoms with van der Waals surface area (Å²) < 4.78 is 0. The average Bonchev–Trinajstić information content (AvgIpc) is 2.46. The molecule has 2 rings (SSSR count). The molecule has 22 heavy (non-hydrogen) atoms. The van der Waals surface area contributed by atoms with Gasteiger partial charge in [-0.2, -0.15) is 0 Å². The van der Waals surface area contributed by atoms with Crippen LogP contribution in [0, 0.1) is 22.7 Å². The molecule has 2 N–H and O–H groups in total. The highest BCUT2D eigenvalue weighted by Crippen LogP contribution is 2.60. The molecule has 2 nitrogen and oxygen atoms in total. The van der Waals surface area contributed by atoms with Crippen LogP contribution in [0.15, 0.2) is 23.3 Å². The Morgan fingerprint density at radius 2 is 2.05 bits per heavy atom. The Hall–Kier alpha value is -0.600. The molecule has 0 aliphatic heterocycles. The second kappa shape index (κ2) is 6.88. The summed E-state index contributed by atoms with van der Waals surface area (Å²) in [6, 6.07) is 0. The van der Waals surface area contributed by atoms with E-state index < -0.39 is 0 Å². The fourth-order valence-electron chi connectivity index (χ4n) is 5.33. The zero-order valence-electron chi connectivity index (χ0n) is 14.9. The molecule has 4 atom stereocenters. The quantitative estimate of drug-likeness (QED) is 0.735. The highest BCUT2D eigenvalue weighted by molar-refractivity contribution is 5.19. The van der Waals surface area contributed by atoms with E-state index in [9.17, 15) is 5.11 Å². The van der Waals surface area contributed by atoms with E-state index in [1.165, 1.54) is 30.4 Å². The van der Waals surface area contributed by atoms with Gasteiger partial charge in [-0.15, -0.1) is 0 Å². The Morgan fingerprint density at radius 1 is 1.32 bits per heavy atom. The summed E-state index contributed by atoms with van der Waals surface area (Å²) >= 11 is 0. The van der Waals surface area contributed by atoms with Gasteiger partial charge in [-0.05, 0) is 68.6 Å². The Balaban J connectivity index is 2.23. The number of allylic oxidation sites excluding steroid dienone is 3. The molecule has 126 valence electrons. The van der Waals surface area contributed by atoms with Crippen LogP contribution in [0.1, 0.15) is 66.2 Å². The monoisotopic (exact) mass is 306 g/mol. The van der Waals surface area contributed by atoms with E-state index in [1.807, 2.05) is 6.08 Å². The lowest BCUT2D eigenvalue weighted by Crippen LogP contribution is -2.50. The van der Waals surface area contributed by atoms with Gasteiger partial charge in [0.2, 0.25) is 0 Å². The van der Waals surface area contributed by atoms with Gasteiger partial charge in [0.25, 0.3) is 0 Å². The van der Waals surface area contributed by atoms with E-state index >= 15 is 0 Å². The number of hydrogen-bond acceptors (Lipinski definition) is 2. The van der Waals surface area contributed by atoms with E-state index in [1.54, 1.807) is 0 Å². The van der Waals surface area contributed by atoms with Crippen molar-refractivity contribution in [3.05, 3.63) is 23.3 Å². The molecule has 1 unspecified atom stereocenters. The van der Waals surface area contributed by atoms with Crippen LogP contribution >= 0.6 is 0 Å². The van der Waals surface area contributed by atoms with Gasteiger partial charge in [-0.25, -0.2) is 0 Å². The maximum absolute atomic E-state index is 9.99. The smallest absolute Gasteiger partial charge is 0.0614 e. The number of fused-ring (bicyclic) bond motifs is 1. The molecule has 1 fully saturated rings. The lowest BCUT2D eigenvalue weighted by Gasteiger charge is -2.57. The first-order valence-electron chi connectivity index (χ1n) is 8.91. The van der Waals surface area contributed by atoms with Crippen LogP contribution in [0.5, 0.6) is 0 Å². The standard InChI is InChI=1S/C20H34O2/c1-15(10-13-21)6-8-17-16(2)7-9-18-19(3,14-22)11-5-12-20(17,18)4/h7,10,17-18,21-22H,5-6,8-9,11-14H2,1-4H3/b15-10+/t17?,18-,19+,20+/m0/s1. The zero-order chi connectivity index (χ0) is 16.4. The molecule has 0 spiro atoms. The Kier molecular flexibility index (Phi) is 5.55. The fraction of sp³-hybridized carbons (Fsp3) is 0.800. The van der Waals surface area contributed by atoms with Gasteiger partial charge in [-0.1, -0.05) is 43.6 Å². The number of hydrogen-bond donors (Lipinski definition) is 2. The van der Waals surface area contributed by atoms with Crippen molar-refractivity contribution in [3.63, 3.8) is 0 Å². The largest absolute Gasteiger partial charge is 0.396 e. The van der Waals surface area contributed by atoms with E-state index in [-0.39, 0.29) is 12.0 Å². The van der Waals surface area contributed by atoms with Crippen LogP contribution in [0.2, 0.25) is 0 Å². The zero-order valence-corrected chi connectivity index (χ0v) is 14.9. The highest BCUT2D eigenvalue weighted by atomic mass is 16.3. The number of aliphatic hydroxyl groups excluding tert-OH is 2. The van der Waals surface area contributed by atoms with E-state index in [0.717, 1.165) is 19.3 Å². The Labute approximate surface area is 136 Å². The predicted molar refractivity (Wildman–Crippen MR) is 92.6 cm³/mol. The first-order valence-corrected chi connectivity index (χ1v) is 8.91. The van der Waals surface area contributed by atoms with Gasteiger partial charge in [0.05, 0.1) is 6.61 Å². The SMILES string of the molecule is CC1=CC[C@H]2[C@@](C)(CO)CCC[C@]2(C)C1CC/C(C)=C/CO. The first-order chi connectivity index (χ1) is 10.4. The van der Waals surface area contributed by atoms with Crippen molar-refractivity contribution in [3.8, 4) is 0 Å². The van der Waals surface area contributed by atoms with Crippen LogP contribution in [0.25, 0.3) is 0 Å². The summed E-state index contributed by atoms with van der Waals surface area (Å²) in [7, 11) is 0. The molecule has 0 radical (unpaired) electrons. The van der Waals surface area contributed by atoms with Crippen molar-refractivity contribution in [1.29, 1.82) is 0 Å². The van der Waals surface area contributed by atoms with Crippen molar-refractivity contribution >= 4 is 0 Å². The molecule has 0 saturated heterocycles. The minimum atomic E-state index is 0.0818. The molecule has 0 amide bonds. The number of aliphatic hydroxyl groups is 2. The Bertz CT molecular complexity index is 451. The molecule has 0 aromatic rings. The van der Waals surface area contributed by atoms with E-state index in [4.69, 9.17) is 5.11 Å². The number of rotatable bonds is 5. The molecular weight excluding hydrogens is 272 g/mol. The molecule has 2 heteroatoms. The second-order valence-corrected chi connectivity index (χ2v) is 8.23. The van der Waals surface area contributed by atoms with Gasteiger partial charge in [0.15, 0.2) is 0 Å². The fourth-order valence-corrected chi connectivity index (χ4v) is 5.33. The first kappa shape index (κ1) is 17.7. The normalized spacial score (nSPS) is 39.4. The average molecular weight is 306 g/mol. The molecule has 1 saturated carbocycles. The van der Waals surface area contributed by atoms with Crippen LogP contribution in [0.4, 0.5) is 0 Å². The topological polar surface area (TPSA) is 40.5 Å². The van der Waals surface area contributed by atoms with Crippen molar-refractivity contribution < 1.29 is 10.2 Å². The third kappa shape index (κ3) is 3.19. The minimum absolute atomic E-state index is 0.0818. The lowest BCUT2D eigenvalue weighted by atomic mass is 9.48. The maximum atomic E-state index is 9.99. The summed E-state index contributed by atoms with van der Waals surface area (Å²) in [6.07, 6.45) is 11.4. The van der Waals surface area contributed by atoms with Crippen molar-refractivity contribution in [2.45, 2.75) is 66.2 Å². The van der Waals surface area contributed by atoms with Crippen LogP contribution in [0.3, 0.4) is 0 Å². The van der Waals surface area contributed by atoms with Gasteiger partial charge in [0, 0.05) is 6.61 Å². The van der Waals surface area contributed by atoms with E-state index in [2.05, 4.69) is 33.8 Å². The molecule has 2 aliphatic carbocycles. The Morgan fingerprint density at radius 3 is 2.68 bits per heavy atom. The van der Waals surface area contributed by atoms with Crippen LogP contribution in [-0.2, 0) is 0 Å². The van der Waals surface area contributed by atoms with Gasteiger partial charge in [0.1, 0.15) is 0 Å². The third-order valence-corrected chi connectivity index (χ3v) is 6.75. The second-order valence-electron chi connectivity index (χ2n) is 8.23. The summed E-state index contributed by atoms with van der Waals surface area (Å²) in [5, 5.41) is 19.0. The van der Waals surface area contributed by atoms with Crippen molar-refractivity contribution in [2.24, 2.45) is 22.7 Å². The summed E-state index contributed by atoms with van der Waals surface area (Å²) in [6.45, 7) is 9.64. The minimum Gasteiger partial charge on any atom is -0.396 e. The van der Waals surface area contributed by atoms with Crippen LogP contribution < -0.4 is 0 Å². The summed E-state index contributed by atoms with van der Waals surface area (Å²) in [5.74, 6) is 1.20. The van der Waals surface area contributed by atoms with Gasteiger partial charge in [-0.3, -0.25) is 0 Å². The highest BCUT2D eigenvalue weighted by Gasteiger charge is 2.52. The molecular formula is C20H34O2. The predicted octanol–water partition coefficient (Wildman–Crippen LogP) is 4.48. The molecule has 0 aromatic heterocycles. The summed E-state index contributed by atoms with van der Waals surface area (Å²) in [5.41, 5.74) is 3.23. The van der Waals surface area contributed by atoms with Gasteiger partial charge >= 0.3 is 0 Å². The molecule has 0 heterocycles. The van der Waals surface area contributed by atoms with Crippen LogP contribution in [-0.4, -0.2) is 23.4 Å². The van der Waals surface area contributed by atoms with Crippen molar-refractivity contribution in [2.75, 3.05) is 13.2 Å². The third-order valence-electron chi connectivity index (χ3n) is 6.75. The molecule has 0 aromatic carbocycles. The lowest BCUT2D eigenvalue weighted by molar-refractivity contribution is -0.0738. The molecule has 0 bridgehead atoms. The molecule has 2 aliphatic rings. The van der Waals surface area contributed by atoms with Gasteiger partial charge < -0.3 is 10.2 Å². The van der Waals surface area contributed by atoms with E-state index in [0.29, 0.717) is 23.9 Å². The summed E-state index contributed by atoms with van der Waals surface area (Å²) in [4.78, 5) is 0.